The second-order valence-electron chi connectivity index (χ2n) is 4.09. The normalized spacial score (nSPS) is 10.2. The smallest absolute Gasteiger partial charge is 0.272 e. The van der Waals surface area contributed by atoms with Crippen molar-refractivity contribution in [2.75, 3.05) is 13.2 Å². The maximum Gasteiger partial charge on any atom is 0.272 e. The molecule has 0 aliphatic rings. The summed E-state index contributed by atoms with van der Waals surface area (Å²) in [6, 6.07) is 6.86. The predicted octanol–water partition coefficient (Wildman–Crippen LogP) is 1.20. The highest BCUT2D eigenvalue weighted by molar-refractivity contribution is 6.04. The van der Waals surface area contributed by atoms with Crippen LogP contribution in [-0.2, 0) is 4.74 Å². The highest BCUT2D eigenvalue weighted by Gasteiger charge is 2.12. The molecule has 2 N–H and O–H groups in total. The van der Waals surface area contributed by atoms with Gasteiger partial charge in [-0.05, 0) is 12.5 Å². The van der Waals surface area contributed by atoms with Gasteiger partial charge in [0, 0.05) is 11.9 Å². The molecule has 1 amide bonds. The molecule has 0 saturated heterocycles. The Morgan fingerprint density at radius 3 is 2.90 bits per heavy atom. The molecule has 6 heteroatoms. The molecule has 0 aliphatic heterocycles. The van der Waals surface area contributed by atoms with E-state index in [-0.39, 0.29) is 17.2 Å². The van der Waals surface area contributed by atoms with Gasteiger partial charge < -0.3 is 10.1 Å². The molecule has 0 atom stereocenters. The van der Waals surface area contributed by atoms with Gasteiger partial charge in [-0.2, -0.15) is 5.10 Å². The molecule has 20 heavy (non-hydrogen) atoms. The van der Waals surface area contributed by atoms with Crippen LogP contribution in [0.5, 0.6) is 0 Å². The van der Waals surface area contributed by atoms with Crippen LogP contribution in [0.2, 0.25) is 0 Å². The minimum Gasteiger partial charge on any atom is -0.502 e. The molecular weight excluding hydrogens is 258 g/mol. The van der Waals surface area contributed by atoms with Gasteiger partial charge in [-0.15, -0.1) is 0 Å². The van der Waals surface area contributed by atoms with Gasteiger partial charge >= 0.3 is 0 Å². The van der Waals surface area contributed by atoms with E-state index in [2.05, 4.69) is 22.1 Å². The van der Waals surface area contributed by atoms with Gasteiger partial charge in [-0.3, -0.25) is 9.59 Å². The second-order valence-corrected chi connectivity index (χ2v) is 4.09. The molecule has 0 unspecified atom stereocenters. The first-order valence-corrected chi connectivity index (χ1v) is 6.22. The van der Waals surface area contributed by atoms with Gasteiger partial charge in [0.25, 0.3) is 11.5 Å². The Bertz CT molecular complexity index is 679. The lowest BCUT2D eigenvalue weighted by atomic mass is 10.1. The van der Waals surface area contributed by atoms with E-state index in [9.17, 15) is 9.59 Å². The predicted molar refractivity (Wildman–Crippen MR) is 75.5 cm³/mol. The fourth-order valence-corrected chi connectivity index (χ4v) is 1.81. The largest absolute Gasteiger partial charge is 0.502 e. The van der Waals surface area contributed by atoms with Crippen molar-refractivity contribution in [1.29, 1.82) is 0 Å². The number of ether oxygens (including phenoxy) is 1. The zero-order chi connectivity index (χ0) is 14.4. The van der Waals surface area contributed by atoms with E-state index in [0.29, 0.717) is 30.3 Å². The first-order valence-electron chi connectivity index (χ1n) is 6.22. The SMILES string of the molecule is C=COCCCNC(=O)c1n[nH]c(=O)c2ccccc12. The maximum absolute atomic E-state index is 12.0. The van der Waals surface area contributed by atoms with Crippen molar-refractivity contribution in [3.63, 3.8) is 0 Å². The van der Waals surface area contributed by atoms with Crippen LogP contribution in [0.3, 0.4) is 0 Å². The van der Waals surface area contributed by atoms with Crippen molar-refractivity contribution in [2.45, 2.75) is 6.42 Å². The van der Waals surface area contributed by atoms with E-state index in [4.69, 9.17) is 4.74 Å². The summed E-state index contributed by atoms with van der Waals surface area (Å²) in [5.41, 5.74) is -0.0960. The Kier molecular flexibility index (Phi) is 4.49. The van der Waals surface area contributed by atoms with Gasteiger partial charge in [-0.25, -0.2) is 5.10 Å². The number of hydrogen-bond donors (Lipinski definition) is 2. The van der Waals surface area contributed by atoms with Crippen molar-refractivity contribution in [3.05, 3.63) is 53.2 Å². The fraction of sp³-hybridized carbons (Fsp3) is 0.214. The van der Waals surface area contributed by atoms with E-state index < -0.39 is 0 Å². The highest BCUT2D eigenvalue weighted by Crippen LogP contribution is 2.11. The third kappa shape index (κ3) is 3.03. The Hall–Kier alpha value is -2.63. The van der Waals surface area contributed by atoms with Crippen LogP contribution in [0.1, 0.15) is 16.9 Å². The summed E-state index contributed by atoms with van der Waals surface area (Å²) in [5.74, 6) is -0.323. The number of carbonyl (C=O) groups excluding carboxylic acids is 1. The molecule has 2 aromatic rings. The molecule has 0 bridgehead atoms. The summed E-state index contributed by atoms with van der Waals surface area (Å²) in [6.45, 7) is 4.38. The summed E-state index contributed by atoms with van der Waals surface area (Å²) < 4.78 is 4.96. The Morgan fingerprint density at radius 2 is 2.15 bits per heavy atom. The van der Waals surface area contributed by atoms with Crippen LogP contribution in [0.25, 0.3) is 10.8 Å². The molecule has 104 valence electrons. The summed E-state index contributed by atoms with van der Waals surface area (Å²) in [5, 5.41) is 9.87. The minimum atomic E-state index is -0.323. The van der Waals surface area contributed by atoms with Crippen LogP contribution in [0.4, 0.5) is 0 Å². The number of H-pyrrole nitrogens is 1. The molecular formula is C14H15N3O3. The molecule has 1 heterocycles. The molecule has 0 aliphatic carbocycles. The molecule has 0 radical (unpaired) electrons. The Morgan fingerprint density at radius 1 is 1.40 bits per heavy atom. The van der Waals surface area contributed by atoms with Crippen LogP contribution in [0, 0.1) is 0 Å². The van der Waals surface area contributed by atoms with Gasteiger partial charge in [0.05, 0.1) is 18.3 Å². The fourth-order valence-electron chi connectivity index (χ4n) is 1.81. The monoisotopic (exact) mass is 273 g/mol. The van der Waals surface area contributed by atoms with Crippen molar-refractivity contribution in [1.82, 2.24) is 15.5 Å². The number of nitrogens with one attached hydrogen (secondary N) is 2. The van der Waals surface area contributed by atoms with Gasteiger partial charge in [0.15, 0.2) is 5.69 Å². The van der Waals surface area contributed by atoms with Crippen molar-refractivity contribution in [3.8, 4) is 0 Å². The number of aromatic nitrogens is 2. The molecule has 1 aromatic heterocycles. The van der Waals surface area contributed by atoms with Crippen LogP contribution in [0.15, 0.2) is 41.9 Å². The lowest BCUT2D eigenvalue weighted by Crippen LogP contribution is -2.27. The lowest BCUT2D eigenvalue weighted by molar-refractivity contribution is 0.0946. The van der Waals surface area contributed by atoms with Crippen molar-refractivity contribution in [2.24, 2.45) is 0 Å². The van der Waals surface area contributed by atoms with Gasteiger partial charge in [0.1, 0.15) is 0 Å². The Labute approximate surface area is 115 Å². The third-order valence-corrected chi connectivity index (χ3v) is 2.75. The highest BCUT2D eigenvalue weighted by atomic mass is 16.5. The van der Waals surface area contributed by atoms with E-state index in [0.717, 1.165) is 0 Å². The van der Waals surface area contributed by atoms with Crippen molar-refractivity contribution < 1.29 is 9.53 Å². The average Bonchev–Trinajstić information content (AvgIpc) is 2.47. The topological polar surface area (TPSA) is 84.1 Å². The van der Waals surface area contributed by atoms with E-state index in [1.807, 2.05) is 0 Å². The first-order chi connectivity index (χ1) is 9.74. The molecule has 0 saturated carbocycles. The standard InChI is InChI=1S/C14H15N3O3/c1-2-20-9-5-8-15-14(19)12-10-6-3-4-7-11(10)13(18)17-16-12/h2-4,6-7H,1,5,8-9H2,(H,15,19)(H,17,18). The van der Waals surface area contributed by atoms with Crippen LogP contribution in [-0.4, -0.2) is 29.3 Å². The molecule has 1 aromatic carbocycles. The van der Waals surface area contributed by atoms with Gasteiger partial charge in [-0.1, -0.05) is 24.8 Å². The number of benzene rings is 1. The number of aromatic amines is 1. The molecule has 2 rings (SSSR count). The molecule has 6 nitrogen and oxygen atoms in total. The Balaban J connectivity index is 2.12. The third-order valence-electron chi connectivity index (χ3n) is 2.75. The second kappa shape index (κ2) is 6.51. The zero-order valence-electron chi connectivity index (χ0n) is 10.9. The minimum absolute atomic E-state index is 0.213. The number of fused-ring (bicyclic) bond motifs is 1. The first kappa shape index (κ1) is 13.8. The molecule has 0 fully saturated rings. The molecule has 0 spiro atoms. The van der Waals surface area contributed by atoms with Crippen molar-refractivity contribution >= 4 is 16.7 Å². The van der Waals surface area contributed by atoms with E-state index in [1.165, 1.54) is 6.26 Å². The van der Waals surface area contributed by atoms with Gasteiger partial charge in [0.2, 0.25) is 0 Å². The summed E-state index contributed by atoms with van der Waals surface area (Å²) in [6.07, 6.45) is 2.03. The summed E-state index contributed by atoms with van der Waals surface area (Å²) in [7, 11) is 0. The number of amides is 1. The average molecular weight is 273 g/mol. The van der Waals surface area contributed by atoms with E-state index >= 15 is 0 Å². The van der Waals surface area contributed by atoms with Crippen LogP contribution >= 0.6 is 0 Å². The summed E-state index contributed by atoms with van der Waals surface area (Å²) >= 11 is 0. The number of hydrogen-bond acceptors (Lipinski definition) is 4. The number of nitrogens with zero attached hydrogens (tertiary/aromatic N) is 1. The lowest BCUT2D eigenvalue weighted by Gasteiger charge is -2.06. The van der Waals surface area contributed by atoms with Crippen LogP contribution < -0.4 is 10.9 Å². The zero-order valence-corrected chi connectivity index (χ0v) is 10.9. The summed E-state index contributed by atoms with van der Waals surface area (Å²) in [4.78, 5) is 23.7. The quantitative estimate of drug-likeness (QED) is 0.612. The maximum atomic E-state index is 12.0. The van der Waals surface area contributed by atoms with E-state index in [1.54, 1.807) is 24.3 Å². The number of rotatable bonds is 6. The number of carbonyl (C=O) groups is 1.